The standard InChI is InChI=1S/C24H43NO6/c1-2-3-4-5-6-7-8-9-10-11-12-13-14-15-16-17-18-25(19-22(26)27,20-23(28)29)21-24(30)31/h12-13H,2-11,14-21H2,1H3,(H2-,26,27,28,29,30,31)/b13-12+. The van der Waals surface area contributed by atoms with E-state index in [0.717, 1.165) is 25.7 Å². The Morgan fingerprint density at radius 3 is 1.52 bits per heavy atom. The minimum atomic E-state index is -1.43. The number of carboxylic acid groups (broad SMARTS) is 3. The van der Waals surface area contributed by atoms with Crippen LogP contribution in [0.5, 0.6) is 0 Å². The molecule has 0 radical (unpaired) electrons. The Bertz CT molecular complexity index is 491. The van der Waals surface area contributed by atoms with Gasteiger partial charge in [0, 0.05) is 0 Å². The molecule has 0 atom stereocenters. The average molecular weight is 442 g/mol. The largest absolute Gasteiger partial charge is 0.544 e. The molecule has 0 aliphatic heterocycles. The maximum atomic E-state index is 11.1. The highest BCUT2D eigenvalue weighted by molar-refractivity contribution is 5.72. The van der Waals surface area contributed by atoms with E-state index in [4.69, 9.17) is 10.2 Å². The average Bonchev–Trinajstić information content (AvgIpc) is 2.66. The zero-order chi connectivity index (χ0) is 23.4. The molecular weight excluding hydrogens is 398 g/mol. The number of carbonyl (C=O) groups is 3. The van der Waals surface area contributed by atoms with E-state index in [1.54, 1.807) is 0 Å². The van der Waals surface area contributed by atoms with Crippen LogP contribution in [-0.2, 0) is 14.4 Å². The molecule has 2 N–H and O–H groups in total. The Balaban J connectivity index is 3.94. The number of carboxylic acids is 3. The summed E-state index contributed by atoms with van der Waals surface area (Å²) in [5, 5.41) is 29.2. The van der Waals surface area contributed by atoms with Gasteiger partial charge in [-0.05, 0) is 38.5 Å². The number of quaternary nitrogens is 1. The third-order valence-corrected chi connectivity index (χ3v) is 5.55. The van der Waals surface area contributed by atoms with Gasteiger partial charge in [-0.15, -0.1) is 0 Å². The Morgan fingerprint density at radius 1 is 0.677 bits per heavy atom. The third kappa shape index (κ3) is 18.6. The lowest BCUT2D eigenvalue weighted by Gasteiger charge is -2.36. The number of aliphatic carboxylic acids is 3. The topological polar surface area (TPSA) is 115 Å². The number of unbranched alkanes of at least 4 members (excludes halogenated alkanes) is 12. The van der Waals surface area contributed by atoms with Crippen LogP contribution in [0.2, 0.25) is 0 Å². The predicted molar refractivity (Wildman–Crippen MR) is 119 cm³/mol. The van der Waals surface area contributed by atoms with Crippen LogP contribution in [0.25, 0.3) is 0 Å². The molecule has 0 amide bonds. The molecule has 0 aliphatic rings. The van der Waals surface area contributed by atoms with Gasteiger partial charge in [0.2, 0.25) is 0 Å². The molecule has 0 saturated carbocycles. The van der Waals surface area contributed by atoms with E-state index in [1.807, 2.05) is 0 Å². The van der Waals surface area contributed by atoms with Crippen LogP contribution in [0, 0.1) is 0 Å². The van der Waals surface area contributed by atoms with Gasteiger partial charge in [0.25, 0.3) is 0 Å². The highest BCUT2D eigenvalue weighted by Gasteiger charge is 2.33. The quantitative estimate of drug-likeness (QED) is 0.150. The van der Waals surface area contributed by atoms with E-state index in [2.05, 4.69) is 19.1 Å². The summed E-state index contributed by atoms with van der Waals surface area (Å²) in [6.07, 6.45) is 20.6. The first-order chi connectivity index (χ1) is 14.8. The Morgan fingerprint density at radius 2 is 1.10 bits per heavy atom. The Hall–Kier alpha value is -1.89. The van der Waals surface area contributed by atoms with Gasteiger partial charge >= 0.3 is 11.9 Å². The van der Waals surface area contributed by atoms with Crippen LogP contribution in [0.3, 0.4) is 0 Å². The van der Waals surface area contributed by atoms with Gasteiger partial charge in [0.1, 0.15) is 6.54 Å². The first-order valence-electron chi connectivity index (χ1n) is 11.9. The molecule has 0 spiro atoms. The summed E-state index contributed by atoms with van der Waals surface area (Å²) in [5.41, 5.74) is 0. The molecule has 0 heterocycles. The number of hydrogen-bond donors (Lipinski definition) is 2. The first-order valence-corrected chi connectivity index (χ1v) is 11.9. The predicted octanol–water partition coefficient (Wildman–Crippen LogP) is 3.76. The monoisotopic (exact) mass is 441 g/mol. The van der Waals surface area contributed by atoms with Gasteiger partial charge in [-0.3, -0.25) is 0 Å². The van der Waals surface area contributed by atoms with Gasteiger partial charge in [-0.1, -0.05) is 70.4 Å². The number of rotatable bonds is 22. The molecule has 0 aromatic carbocycles. The smallest absolute Gasteiger partial charge is 0.359 e. The first kappa shape index (κ1) is 29.1. The van der Waals surface area contributed by atoms with E-state index < -0.39 is 42.0 Å². The van der Waals surface area contributed by atoms with Crippen molar-refractivity contribution in [2.45, 2.75) is 96.8 Å². The van der Waals surface area contributed by atoms with Crippen molar-refractivity contribution in [1.82, 2.24) is 0 Å². The highest BCUT2D eigenvalue weighted by Crippen LogP contribution is 2.13. The van der Waals surface area contributed by atoms with Crippen molar-refractivity contribution in [3.05, 3.63) is 12.2 Å². The summed E-state index contributed by atoms with van der Waals surface area (Å²) < 4.78 is -0.512. The van der Waals surface area contributed by atoms with Crippen molar-refractivity contribution in [3.63, 3.8) is 0 Å². The van der Waals surface area contributed by atoms with E-state index in [9.17, 15) is 19.5 Å². The summed E-state index contributed by atoms with van der Waals surface area (Å²) in [6.45, 7) is 0.784. The molecule has 0 aliphatic carbocycles. The second kappa shape index (κ2) is 18.8. The third-order valence-electron chi connectivity index (χ3n) is 5.55. The van der Waals surface area contributed by atoms with Crippen LogP contribution in [0.1, 0.15) is 96.8 Å². The zero-order valence-electron chi connectivity index (χ0n) is 19.4. The van der Waals surface area contributed by atoms with Crippen LogP contribution in [0.15, 0.2) is 12.2 Å². The molecule has 0 unspecified atom stereocenters. The molecule has 180 valence electrons. The maximum Gasteiger partial charge on any atom is 0.359 e. The summed E-state index contributed by atoms with van der Waals surface area (Å²) in [5.74, 6) is -3.84. The van der Waals surface area contributed by atoms with E-state index >= 15 is 0 Å². The second-order valence-corrected chi connectivity index (χ2v) is 8.64. The molecule has 0 fully saturated rings. The van der Waals surface area contributed by atoms with Crippen LogP contribution >= 0.6 is 0 Å². The molecule has 7 heteroatoms. The molecule has 0 aromatic rings. The normalized spacial score (nSPS) is 11.8. The minimum Gasteiger partial charge on any atom is -0.544 e. The Labute approximate surface area is 187 Å². The molecule has 0 rings (SSSR count). The number of allylic oxidation sites excluding steroid dienone is 2. The van der Waals surface area contributed by atoms with Gasteiger partial charge < -0.3 is 24.6 Å². The lowest BCUT2D eigenvalue weighted by Crippen LogP contribution is -2.59. The van der Waals surface area contributed by atoms with Crippen molar-refractivity contribution in [1.29, 1.82) is 0 Å². The number of carbonyl (C=O) groups excluding carboxylic acids is 1. The van der Waals surface area contributed by atoms with Crippen molar-refractivity contribution in [3.8, 4) is 0 Å². The van der Waals surface area contributed by atoms with Crippen molar-refractivity contribution in [2.24, 2.45) is 0 Å². The molecule has 7 nitrogen and oxygen atoms in total. The van der Waals surface area contributed by atoms with E-state index in [0.29, 0.717) is 6.42 Å². The molecule has 0 saturated heterocycles. The van der Waals surface area contributed by atoms with Crippen LogP contribution < -0.4 is 5.11 Å². The van der Waals surface area contributed by atoms with Crippen LogP contribution in [0.4, 0.5) is 0 Å². The van der Waals surface area contributed by atoms with Crippen molar-refractivity contribution < 1.29 is 34.2 Å². The number of hydrogen-bond acceptors (Lipinski definition) is 4. The fourth-order valence-corrected chi connectivity index (χ4v) is 3.95. The van der Waals surface area contributed by atoms with Gasteiger partial charge in [0.15, 0.2) is 13.1 Å². The van der Waals surface area contributed by atoms with Crippen LogP contribution in [-0.4, -0.2) is 58.8 Å². The fraction of sp³-hybridized carbons (Fsp3) is 0.792. The van der Waals surface area contributed by atoms with Gasteiger partial charge in [0.05, 0.1) is 12.5 Å². The zero-order valence-corrected chi connectivity index (χ0v) is 19.4. The van der Waals surface area contributed by atoms with Gasteiger partial charge in [-0.2, -0.15) is 0 Å². The SMILES string of the molecule is CCCCCCCCCCC/C=C/CCCCC[N+](CC(=O)[O-])(CC(=O)O)CC(=O)O. The van der Waals surface area contributed by atoms with Crippen molar-refractivity contribution in [2.75, 3.05) is 26.2 Å². The summed E-state index contributed by atoms with van der Waals surface area (Å²) in [4.78, 5) is 33.3. The highest BCUT2D eigenvalue weighted by atomic mass is 16.4. The van der Waals surface area contributed by atoms with E-state index in [1.165, 1.54) is 57.8 Å². The lowest BCUT2D eigenvalue weighted by molar-refractivity contribution is -0.909. The molecule has 31 heavy (non-hydrogen) atoms. The van der Waals surface area contributed by atoms with E-state index in [-0.39, 0.29) is 6.54 Å². The molecular formula is C24H43NO6. The fourth-order valence-electron chi connectivity index (χ4n) is 3.95. The summed E-state index contributed by atoms with van der Waals surface area (Å²) >= 11 is 0. The second-order valence-electron chi connectivity index (χ2n) is 8.64. The van der Waals surface area contributed by atoms with Crippen molar-refractivity contribution >= 4 is 17.9 Å². The summed E-state index contributed by atoms with van der Waals surface area (Å²) in [7, 11) is 0. The Kier molecular flexibility index (Phi) is 17.7. The number of nitrogens with zero attached hydrogens (tertiary/aromatic N) is 1. The minimum absolute atomic E-state index is 0.203. The maximum absolute atomic E-state index is 11.1. The van der Waals surface area contributed by atoms with Gasteiger partial charge in [-0.25, -0.2) is 9.59 Å². The molecule has 0 aromatic heterocycles. The molecule has 0 bridgehead atoms. The lowest BCUT2D eigenvalue weighted by atomic mass is 10.1. The summed E-state index contributed by atoms with van der Waals surface area (Å²) in [6, 6.07) is 0.